The van der Waals surface area contributed by atoms with Crippen LogP contribution in [0.1, 0.15) is 29.3 Å². The van der Waals surface area contributed by atoms with Crippen molar-refractivity contribution in [1.29, 1.82) is 0 Å². The first kappa shape index (κ1) is 24.3. The Kier molecular flexibility index (Phi) is 7.41. The number of aliphatic hydroxyl groups excluding tert-OH is 1. The molecule has 5 nitrogen and oxygen atoms in total. The van der Waals surface area contributed by atoms with E-state index < -0.39 is 23.6 Å². The molecule has 0 aliphatic heterocycles. The Morgan fingerprint density at radius 3 is 2.49 bits per heavy atom. The van der Waals surface area contributed by atoms with Gasteiger partial charge in [-0.05, 0) is 72.0 Å². The van der Waals surface area contributed by atoms with Crippen molar-refractivity contribution in [3.63, 3.8) is 0 Å². The first-order valence-electron chi connectivity index (χ1n) is 11.3. The summed E-state index contributed by atoms with van der Waals surface area (Å²) >= 11 is 0. The summed E-state index contributed by atoms with van der Waals surface area (Å²) in [7, 11) is 0. The van der Waals surface area contributed by atoms with Gasteiger partial charge in [0.1, 0.15) is 23.2 Å². The number of nitrogens with one attached hydrogen (secondary N) is 2. The number of carbonyl (C=O) groups excluding carboxylic acids is 1. The van der Waals surface area contributed by atoms with Crippen molar-refractivity contribution in [2.24, 2.45) is 0 Å². The van der Waals surface area contributed by atoms with Crippen LogP contribution in [0.15, 0.2) is 60.8 Å². The van der Waals surface area contributed by atoms with Crippen molar-refractivity contribution in [2.75, 3.05) is 13.2 Å². The number of carbonyl (C=O) groups is 1. The number of ether oxygens (including phenoxy) is 1. The number of hydrogen-bond acceptors (Lipinski definition) is 3. The zero-order valence-corrected chi connectivity index (χ0v) is 19.1. The van der Waals surface area contributed by atoms with Gasteiger partial charge < -0.3 is 20.1 Å². The van der Waals surface area contributed by atoms with Gasteiger partial charge in [0.05, 0.1) is 24.8 Å². The minimum absolute atomic E-state index is 0.170. The third kappa shape index (κ3) is 5.66. The number of fused-ring (bicyclic) bond motifs is 1. The monoisotopic (exact) mass is 482 g/mol. The summed E-state index contributed by atoms with van der Waals surface area (Å²) in [6, 6.07) is 11.6. The van der Waals surface area contributed by atoms with E-state index in [4.69, 9.17) is 4.74 Å². The van der Waals surface area contributed by atoms with Crippen LogP contribution < -0.4 is 10.1 Å². The average molecular weight is 483 g/mol. The molecule has 8 heteroatoms. The van der Waals surface area contributed by atoms with Crippen molar-refractivity contribution in [3.8, 4) is 16.9 Å². The Balaban J connectivity index is 1.61. The highest BCUT2D eigenvalue weighted by molar-refractivity contribution is 5.98. The van der Waals surface area contributed by atoms with Crippen LogP contribution in [0, 0.1) is 17.5 Å². The van der Waals surface area contributed by atoms with Crippen LogP contribution >= 0.6 is 0 Å². The van der Waals surface area contributed by atoms with Crippen LogP contribution in [0.3, 0.4) is 0 Å². The second-order valence-corrected chi connectivity index (χ2v) is 8.28. The smallest absolute Gasteiger partial charge is 0.255 e. The number of aliphatic hydroxyl groups is 1. The van der Waals surface area contributed by atoms with E-state index in [-0.39, 0.29) is 30.0 Å². The van der Waals surface area contributed by atoms with Crippen LogP contribution in [-0.4, -0.2) is 35.3 Å². The second kappa shape index (κ2) is 10.7. The number of aromatic nitrogens is 1. The van der Waals surface area contributed by atoms with E-state index in [0.29, 0.717) is 29.7 Å². The van der Waals surface area contributed by atoms with E-state index in [2.05, 4.69) is 10.3 Å². The van der Waals surface area contributed by atoms with Crippen LogP contribution in [0.25, 0.3) is 22.0 Å². The number of hydrogen-bond donors (Lipinski definition) is 3. The molecular weight excluding hydrogens is 457 g/mol. The summed E-state index contributed by atoms with van der Waals surface area (Å²) in [6.07, 6.45) is 2.69. The van der Waals surface area contributed by atoms with Crippen molar-refractivity contribution in [3.05, 3.63) is 89.4 Å². The molecule has 0 radical (unpaired) electrons. The topological polar surface area (TPSA) is 74.3 Å². The highest BCUT2D eigenvalue weighted by Crippen LogP contribution is 2.29. The number of rotatable bonds is 9. The molecule has 1 heterocycles. The van der Waals surface area contributed by atoms with Gasteiger partial charge in [-0.1, -0.05) is 13.0 Å². The summed E-state index contributed by atoms with van der Waals surface area (Å²) < 4.78 is 47.0. The van der Waals surface area contributed by atoms with E-state index in [0.717, 1.165) is 17.1 Å². The number of aromatic amines is 1. The Bertz CT molecular complexity index is 1330. The fourth-order valence-electron chi connectivity index (χ4n) is 3.95. The molecule has 0 spiro atoms. The van der Waals surface area contributed by atoms with E-state index in [1.807, 2.05) is 6.92 Å². The number of benzene rings is 3. The number of amides is 1. The van der Waals surface area contributed by atoms with Crippen molar-refractivity contribution in [2.45, 2.75) is 25.8 Å². The molecule has 0 aliphatic carbocycles. The van der Waals surface area contributed by atoms with Crippen molar-refractivity contribution >= 4 is 16.8 Å². The standard InChI is InChI=1S/C27H25F3N2O3/c1-2-7-35-26-6-3-16(17-8-20(29)12-21(30)9-17)11-24(26)27(34)32-22(15-33)10-18-14-31-25-5-4-19(28)13-23(18)25/h3-6,8-9,11-14,22,31,33H,2,7,10,15H2,1H3,(H,32,34). The molecule has 0 fully saturated rings. The molecule has 1 unspecified atom stereocenters. The molecule has 0 aliphatic rings. The third-order valence-electron chi connectivity index (χ3n) is 5.63. The maximum Gasteiger partial charge on any atom is 0.255 e. The summed E-state index contributed by atoms with van der Waals surface area (Å²) in [4.78, 5) is 16.3. The Hall–Kier alpha value is -3.78. The number of H-pyrrole nitrogens is 1. The normalized spacial score (nSPS) is 12.0. The van der Waals surface area contributed by atoms with Gasteiger partial charge in [0, 0.05) is 23.2 Å². The summed E-state index contributed by atoms with van der Waals surface area (Å²) in [5.41, 5.74) is 2.37. The highest BCUT2D eigenvalue weighted by Gasteiger charge is 2.20. The fourth-order valence-corrected chi connectivity index (χ4v) is 3.95. The summed E-state index contributed by atoms with van der Waals surface area (Å²) in [5.74, 6) is -2.04. The largest absolute Gasteiger partial charge is 0.493 e. The predicted molar refractivity (Wildman–Crippen MR) is 128 cm³/mol. The molecule has 1 aromatic heterocycles. The van der Waals surface area contributed by atoms with Crippen LogP contribution in [0.2, 0.25) is 0 Å². The molecule has 3 aromatic carbocycles. The lowest BCUT2D eigenvalue weighted by atomic mass is 10.0. The second-order valence-electron chi connectivity index (χ2n) is 8.28. The molecule has 35 heavy (non-hydrogen) atoms. The van der Waals surface area contributed by atoms with Gasteiger partial charge >= 0.3 is 0 Å². The minimum atomic E-state index is -0.729. The molecule has 0 saturated carbocycles. The zero-order valence-electron chi connectivity index (χ0n) is 19.1. The van der Waals surface area contributed by atoms with E-state index in [1.165, 1.54) is 30.3 Å². The van der Waals surface area contributed by atoms with E-state index in [1.54, 1.807) is 24.4 Å². The van der Waals surface area contributed by atoms with Gasteiger partial charge in [-0.2, -0.15) is 0 Å². The molecule has 4 aromatic rings. The predicted octanol–water partition coefficient (Wildman–Crippen LogP) is 5.37. The maximum atomic E-state index is 13.8. The molecule has 3 N–H and O–H groups in total. The molecule has 0 bridgehead atoms. The Labute approximate surface area is 200 Å². The van der Waals surface area contributed by atoms with Crippen LogP contribution in [0.4, 0.5) is 13.2 Å². The quantitative estimate of drug-likeness (QED) is 0.300. The Morgan fingerprint density at radius 1 is 1.00 bits per heavy atom. The molecule has 4 rings (SSSR count). The maximum absolute atomic E-state index is 13.8. The van der Waals surface area contributed by atoms with Crippen molar-refractivity contribution < 1.29 is 27.8 Å². The first-order valence-corrected chi connectivity index (χ1v) is 11.3. The van der Waals surface area contributed by atoms with Gasteiger partial charge in [-0.3, -0.25) is 4.79 Å². The van der Waals surface area contributed by atoms with Crippen LogP contribution in [-0.2, 0) is 6.42 Å². The van der Waals surface area contributed by atoms with Gasteiger partial charge in [0.15, 0.2) is 0 Å². The lowest BCUT2D eigenvalue weighted by molar-refractivity contribution is 0.0912. The fraction of sp³-hybridized carbons (Fsp3) is 0.222. The van der Waals surface area contributed by atoms with Gasteiger partial charge in [-0.25, -0.2) is 13.2 Å². The first-order chi connectivity index (χ1) is 16.9. The highest BCUT2D eigenvalue weighted by atomic mass is 19.1. The van der Waals surface area contributed by atoms with Crippen molar-refractivity contribution in [1.82, 2.24) is 10.3 Å². The number of halogens is 3. The molecule has 0 saturated heterocycles. The minimum Gasteiger partial charge on any atom is -0.493 e. The molecule has 1 atom stereocenters. The van der Waals surface area contributed by atoms with E-state index in [9.17, 15) is 23.1 Å². The third-order valence-corrected chi connectivity index (χ3v) is 5.63. The lowest BCUT2D eigenvalue weighted by Gasteiger charge is -2.18. The molecule has 1 amide bonds. The average Bonchev–Trinajstić information content (AvgIpc) is 3.23. The van der Waals surface area contributed by atoms with Gasteiger partial charge in [0.25, 0.3) is 5.91 Å². The lowest BCUT2D eigenvalue weighted by Crippen LogP contribution is -2.39. The summed E-state index contributed by atoms with van der Waals surface area (Å²) in [6.45, 7) is 1.95. The molecular formula is C27H25F3N2O3. The summed E-state index contributed by atoms with van der Waals surface area (Å²) in [5, 5.41) is 13.4. The van der Waals surface area contributed by atoms with Gasteiger partial charge in [0.2, 0.25) is 0 Å². The van der Waals surface area contributed by atoms with E-state index >= 15 is 0 Å². The molecule has 182 valence electrons. The SMILES string of the molecule is CCCOc1ccc(-c2cc(F)cc(F)c2)cc1C(=O)NC(CO)Cc1c[nH]c2ccc(F)cc12. The van der Waals surface area contributed by atoms with Crippen LogP contribution in [0.5, 0.6) is 5.75 Å². The van der Waals surface area contributed by atoms with Gasteiger partial charge in [-0.15, -0.1) is 0 Å². The zero-order chi connectivity index (χ0) is 24.9. The Morgan fingerprint density at radius 2 is 1.77 bits per heavy atom.